The van der Waals surface area contributed by atoms with Crippen molar-refractivity contribution in [1.82, 2.24) is 18.9 Å². The van der Waals surface area contributed by atoms with Gasteiger partial charge in [-0.3, -0.25) is 4.40 Å². The highest BCUT2D eigenvalue weighted by atomic mass is 32.2. The van der Waals surface area contributed by atoms with Crippen molar-refractivity contribution in [3.8, 4) is 0 Å². The maximum atomic E-state index is 12.8. The number of hydrogen-bond acceptors (Lipinski definition) is 5. The number of aromatic nitrogens is 3. The Morgan fingerprint density at radius 2 is 1.93 bits per heavy atom. The normalized spacial score (nSPS) is 16.8. The summed E-state index contributed by atoms with van der Waals surface area (Å²) in [6, 6.07) is 11.8. The van der Waals surface area contributed by atoms with E-state index in [1.54, 1.807) is 22.7 Å². The maximum Gasteiger partial charge on any atom is 0.244 e. The highest BCUT2D eigenvalue weighted by molar-refractivity contribution is 7.89. The first kappa shape index (κ1) is 17.9. The predicted molar refractivity (Wildman–Crippen MR) is 104 cm³/mol. The molecule has 4 rings (SSSR count). The van der Waals surface area contributed by atoms with Gasteiger partial charge < -0.3 is 5.32 Å². The van der Waals surface area contributed by atoms with E-state index in [1.807, 2.05) is 19.9 Å². The molecule has 1 aromatic carbocycles. The number of fused-ring (bicyclic) bond motifs is 2. The Labute approximate surface area is 159 Å². The molecule has 3 aromatic rings. The highest BCUT2D eigenvalue weighted by Crippen LogP contribution is 2.33. The molecule has 2 aromatic heterocycles. The van der Waals surface area contributed by atoms with Crippen molar-refractivity contribution in [2.24, 2.45) is 0 Å². The number of nitrogens with one attached hydrogen (secondary N) is 1. The highest BCUT2D eigenvalue weighted by Gasteiger charge is 2.25. The largest absolute Gasteiger partial charge is 0.347 e. The van der Waals surface area contributed by atoms with E-state index in [9.17, 15) is 8.42 Å². The van der Waals surface area contributed by atoms with Gasteiger partial charge >= 0.3 is 0 Å². The molecule has 1 aliphatic carbocycles. The lowest BCUT2D eigenvalue weighted by Crippen LogP contribution is -2.30. The summed E-state index contributed by atoms with van der Waals surface area (Å²) < 4.78 is 28.8. The average Bonchev–Trinajstić information content (AvgIpc) is 3.27. The molecule has 1 atom stereocenters. The zero-order chi connectivity index (χ0) is 19.0. The molecule has 0 fully saturated rings. The fourth-order valence-electron chi connectivity index (χ4n) is 3.70. The number of hydrogen-bond donors (Lipinski definition) is 1. The second-order valence-electron chi connectivity index (χ2n) is 6.64. The zero-order valence-electron chi connectivity index (χ0n) is 15.5. The van der Waals surface area contributed by atoms with Crippen LogP contribution in [0.5, 0.6) is 0 Å². The minimum atomic E-state index is -3.53. The van der Waals surface area contributed by atoms with Gasteiger partial charge in [0.2, 0.25) is 16.0 Å². The maximum absolute atomic E-state index is 12.8. The summed E-state index contributed by atoms with van der Waals surface area (Å²) in [6.45, 7) is 4.54. The molecule has 1 unspecified atom stereocenters. The molecule has 2 heterocycles. The summed E-state index contributed by atoms with van der Waals surface area (Å²) in [4.78, 5) is 0.244. The fraction of sp³-hybridized carbons (Fsp3) is 0.368. The Balaban J connectivity index is 1.69. The van der Waals surface area contributed by atoms with Gasteiger partial charge in [0.1, 0.15) is 0 Å². The molecule has 0 saturated heterocycles. The van der Waals surface area contributed by atoms with Crippen LogP contribution in [0.3, 0.4) is 0 Å². The van der Waals surface area contributed by atoms with E-state index < -0.39 is 10.0 Å². The monoisotopic (exact) mass is 385 g/mol. The van der Waals surface area contributed by atoms with Crippen LogP contribution in [0.4, 0.5) is 5.95 Å². The minimum absolute atomic E-state index is 0.150. The van der Waals surface area contributed by atoms with Crippen molar-refractivity contribution in [3.63, 3.8) is 0 Å². The molecule has 27 heavy (non-hydrogen) atoms. The van der Waals surface area contributed by atoms with Gasteiger partial charge in [0.15, 0.2) is 5.65 Å². The lowest BCUT2D eigenvalue weighted by molar-refractivity contribution is 0.445. The van der Waals surface area contributed by atoms with Crippen LogP contribution in [-0.2, 0) is 16.4 Å². The quantitative estimate of drug-likeness (QED) is 0.706. The molecule has 8 heteroatoms. The first-order valence-electron chi connectivity index (χ1n) is 9.24. The van der Waals surface area contributed by atoms with E-state index in [0.717, 1.165) is 12.8 Å². The van der Waals surface area contributed by atoms with Crippen LogP contribution in [0.1, 0.15) is 37.4 Å². The second kappa shape index (κ2) is 6.94. The third-order valence-corrected chi connectivity index (χ3v) is 7.19. The van der Waals surface area contributed by atoms with Crippen LogP contribution in [0.25, 0.3) is 5.65 Å². The standard InChI is InChI=1S/C19H23N5O2S/c1-3-23(4-2)27(25,26)15-10-12-18-21-22-19(24(18)13-15)20-17-11-9-14-7-5-6-8-16(14)17/h5-8,10,12-13,17H,3-4,9,11H2,1-2H3,(H,20,22). The number of pyridine rings is 1. The van der Waals surface area contributed by atoms with E-state index in [4.69, 9.17) is 0 Å². The molecule has 0 saturated carbocycles. The van der Waals surface area contributed by atoms with Crippen LogP contribution in [0.2, 0.25) is 0 Å². The molecule has 0 spiro atoms. The summed E-state index contributed by atoms with van der Waals surface area (Å²) in [6.07, 6.45) is 3.60. The molecular weight excluding hydrogens is 362 g/mol. The number of nitrogens with zero attached hydrogens (tertiary/aromatic N) is 4. The second-order valence-corrected chi connectivity index (χ2v) is 8.58. The van der Waals surface area contributed by atoms with Crippen molar-refractivity contribution >= 4 is 21.6 Å². The van der Waals surface area contributed by atoms with Crippen molar-refractivity contribution in [3.05, 3.63) is 53.7 Å². The third kappa shape index (κ3) is 3.08. The topological polar surface area (TPSA) is 79.6 Å². The SMILES string of the molecule is CCN(CC)S(=O)(=O)c1ccc2nnc(NC3CCc4ccccc43)n2c1. The minimum Gasteiger partial charge on any atom is -0.347 e. The van der Waals surface area contributed by atoms with Gasteiger partial charge in [0.05, 0.1) is 10.9 Å². The molecule has 7 nitrogen and oxygen atoms in total. The Kier molecular flexibility index (Phi) is 4.61. The number of sulfonamides is 1. The molecule has 0 amide bonds. The van der Waals surface area contributed by atoms with Crippen molar-refractivity contribution < 1.29 is 8.42 Å². The average molecular weight is 385 g/mol. The number of anilines is 1. The molecule has 0 aliphatic heterocycles. The van der Waals surface area contributed by atoms with Gasteiger partial charge in [-0.2, -0.15) is 4.31 Å². The summed E-state index contributed by atoms with van der Waals surface area (Å²) >= 11 is 0. The van der Waals surface area contributed by atoms with Gasteiger partial charge in [0, 0.05) is 19.3 Å². The van der Waals surface area contributed by atoms with E-state index in [0.29, 0.717) is 24.7 Å². The molecule has 1 aliphatic rings. The Hall–Kier alpha value is -2.45. The first-order valence-corrected chi connectivity index (χ1v) is 10.7. The molecular formula is C19H23N5O2S. The van der Waals surface area contributed by atoms with E-state index >= 15 is 0 Å². The summed E-state index contributed by atoms with van der Waals surface area (Å²) in [5.74, 6) is 0.559. The van der Waals surface area contributed by atoms with Crippen molar-refractivity contribution in [2.75, 3.05) is 18.4 Å². The zero-order valence-corrected chi connectivity index (χ0v) is 16.3. The predicted octanol–water partition coefficient (Wildman–Crippen LogP) is 2.86. The molecule has 0 radical (unpaired) electrons. The summed E-state index contributed by atoms with van der Waals surface area (Å²) in [5, 5.41) is 11.8. The fourth-order valence-corrected chi connectivity index (χ4v) is 5.15. The van der Waals surface area contributed by atoms with Gasteiger partial charge in [-0.1, -0.05) is 38.1 Å². The van der Waals surface area contributed by atoms with Crippen LogP contribution < -0.4 is 5.32 Å². The Bertz CT molecular complexity index is 1070. The van der Waals surface area contributed by atoms with Gasteiger partial charge in [0.25, 0.3) is 0 Å². The van der Waals surface area contributed by atoms with E-state index in [1.165, 1.54) is 15.4 Å². The van der Waals surface area contributed by atoms with Crippen LogP contribution >= 0.6 is 0 Å². The number of rotatable bonds is 6. The molecule has 0 bridgehead atoms. The summed E-state index contributed by atoms with van der Waals surface area (Å²) in [5.41, 5.74) is 3.22. The number of aryl methyl sites for hydroxylation is 1. The van der Waals surface area contributed by atoms with Crippen LogP contribution in [0, 0.1) is 0 Å². The smallest absolute Gasteiger partial charge is 0.244 e. The van der Waals surface area contributed by atoms with Crippen molar-refractivity contribution in [2.45, 2.75) is 37.6 Å². The molecule has 142 valence electrons. The Morgan fingerprint density at radius 3 is 2.70 bits per heavy atom. The van der Waals surface area contributed by atoms with Gasteiger partial charge in [-0.25, -0.2) is 8.42 Å². The van der Waals surface area contributed by atoms with Crippen molar-refractivity contribution in [1.29, 1.82) is 0 Å². The Morgan fingerprint density at radius 1 is 1.15 bits per heavy atom. The number of benzene rings is 1. The van der Waals surface area contributed by atoms with E-state index in [-0.39, 0.29) is 10.9 Å². The third-order valence-electron chi connectivity index (χ3n) is 5.15. The lowest BCUT2D eigenvalue weighted by atomic mass is 10.1. The van der Waals surface area contributed by atoms with E-state index in [2.05, 4.69) is 33.7 Å². The van der Waals surface area contributed by atoms with Gasteiger partial charge in [-0.05, 0) is 36.1 Å². The first-order chi connectivity index (χ1) is 13.0. The lowest BCUT2D eigenvalue weighted by Gasteiger charge is -2.18. The van der Waals surface area contributed by atoms with Crippen LogP contribution in [-0.4, -0.2) is 40.4 Å². The molecule has 1 N–H and O–H groups in total. The van der Waals surface area contributed by atoms with Crippen LogP contribution in [0.15, 0.2) is 47.5 Å². The van der Waals surface area contributed by atoms with Gasteiger partial charge in [-0.15, -0.1) is 10.2 Å². The summed E-state index contributed by atoms with van der Waals surface area (Å²) in [7, 11) is -3.53.